The average molecular weight is 270 g/mol. The van der Waals surface area contributed by atoms with Crippen molar-refractivity contribution in [3.05, 3.63) is 28.8 Å². The minimum atomic E-state index is -0.234. The van der Waals surface area contributed by atoms with Crippen molar-refractivity contribution in [3.63, 3.8) is 0 Å². The summed E-state index contributed by atoms with van der Waals surface area (Å²) >= 11 is 6.00. The molecule has 0 aliphatic carbocycles. The van der Waals surface area contributed by atoms with Crippen LogP contribution < -0.4 is 5.73 Å². The Labute approximate surface area is 115 Å². The molecular weight excluding hydrogens is 246 g/mol. The highest BCUT2D eigenvalue weighted by Crippen LogP contribution is 2.41. The zero-order valence-corrected chi connectivity index (χ0v) is 12.7. The highest BCUT2D eigenvalue weighted by Gasteiger charge is 2.30. The zero-order chi connectivity index (χ0) is 14.1. The second-order valence-corrected chi connectivity index (χ2v) is 7.23. The van der Waals surface area contributed by atoms with Gasteiger partial charge in [-0.05, 0) is 49.3 Å². The van der Waals surface area contributed by atoms with Crippen LogP contribution in [-0.4, -0.2) is 10.6 Å². The molecule has 0 amide bonds. The van der Waals surface area contributed by atoms with Gasteiger partial charge < -0.3 is 10.8 Å². The summed E-state index contributed by atoms with van der Waals surface area (Å²) in [6, 6.07) is 5.43. The Bertz CT molecular complexity index is 415. The molecule has 1 rings (SSSR count). The second kappa shape index (κ2) is 5.10. The maximum Gasteiger partial charge on any atom is 0.134 e. The molecule has 0 aliphatic rings. The fraction of sp³-hybridized carbons (Fsp3) is 0.600. The smallest absolute Gasteiger partial charge is 0.134 e. The van der Waals surface area contributed by atoms with Crippen LogP contribution in [0.15, 0.2) is 18.2 Å². The van der Waals surface area contributed by atoms with Gasteiger partial charge in [0.1, 0.15) is 5.75 Å². The molecule has 102 valence electrons. The third-order valence-electron chi connectivity index (χ3n) is 3.15. The van der Waals surface area contributed by atoms with E-state index in [4.69, 9.17) is 17.3 Å². The van der Waals surface area contributed by atoms with Gasteiger partial charge in [0.2, 0.25) is 0 Å². The Kier molecular flexibility index (Phi) is 4.34. The van der Waals surface area contributed by atoms with E-state index in [2.05, 4.69) is 20.8 Å². The van der Waals surface area contributed by atoms with Crippen LogP contribution in [0.4, 0.5) is 0 Å². The van der Waals surface area contributed by atoms with Gasteiger partial charge >= 0.3 is 0 Å². The summed E-state index contributed by atoms with van der Waals surface area (Å²) < 4.78 is 0. The lowest BCUT2D eigenvalue weighted by molar-refractivity contribution is 0.262. The molecule has 0 spiro atoms. The largest absolute Gasteiger partial charge is 0.506 e. The quantitative estimate of drug-likeness (QED) is 0.859. The minimum Gasteiger partial charge on any atom is -0.506 e. The maximum absolute atomic E-state index is 9.50. The van der Waals surface area contributed by atoms with Gasteiger partial charge in [0.05, 0.1) is 5.02 Å². The number of hydrogen-bond donors (Lipinski definition) is 2. The molecule has 1 aromatic rings. The standard InChI is InChI=1S/C15H24ClNO/c1-14(2,3)11(9-15(4,5)17)10-6-7-13(18)12(16)8-10/h6-8,11,18H,9,17H2,1-5H3. The molecule has 1 atom stereocenters. The van der Waals surface area contributed by atoms with E-state index in [0.717, 1.165) is 12.0 Å². The zero-order valence-electron chi connectivity index (χ0n) is 11.9. The molecular formula is C15H24ClNO. The van der Waals surface area contributed by atoms with Crippen LogP contribution in [0.25, 0.3) is 0 Å². The van der Waals surface area contributed by atoms with Crippen molar-refractivity contribution in [2.45, 2.75) is 52.5 Å². The van der Waals surface area contributed by atoms with E-state index in [-0.39, 0.29) is 16.7 Å². The fourth-order valence-corrected chi connectivity index (χ4v) is 2.38. The Hall–Kier alpha value is -0.730. The summed E-state index contributed by atoms with van der Waals surface area (Å²) in [5.41, 5.74) is 7.14. The second-order valence-electron chi connectivity index (χ2n) is 6.82. The van der Waals surface area contributed by atoms with Crippen molar-refractivity contribution in [2.75, 3.05) is 0 Å². The van der Waals surface area contributed by atoms with Crippen molar-refractivity contribution in [3.8, 4) is 5.75 Å². The molecule has 0 aromatic heterocycles. The van der Waals surface area contributed by atoms with E-state index in [1.807, 2.05) is 26.0 Å². The van der Waals surface area contributed by atoms with Gasteiger partial charge in [-0.25, -0.2) is 0 Å². The third-order valence-corrected chi connectivity index (χ3v) is 3.45. The van der Waals surface area contributed by atoms with Crippen LogP contribution in [0.3, 0.4) is 0 Å². The number of halogens is 1. The van der Waals surface area contributed by atoms with Crippen LogP contribution in [0.1, 0.15) is 52.5 Å². The summed E-state index contributed by atoms with van der Waals surface area (Å²) in [5.74, 6) is 0.427. The van der Waals surface area contributed by atoms with Crippen molar-refractivity contribution in [1.29, 1.82) is 0 Å². The predicted octanol–water partition coefficient (Wildman–Crippen LogP) is 4.30. The molecule has 1 unspecified atom stereocenters. The lowest BCUT2D eigenvalue weighted by Crippen LogP contribution is -2.37. The maximum atomic E-state index is 9.50. The number of phenolic OH excluding ortho intramolecular Hbond substituents is 1. The van der Waals surface area contributed by atoms with Gasteiger partial charge in [-0.3, -0.25) is 0 Å². The number of phenols is 1. The van der Waals surface area contributed by atoms with E-state index in [1.54, 1.807) is 6.07 Å². The third kappa shape index (κ3) is 4.18. The summed E-state index contributed by atoms with van der Waals surface area (Å²) in [6.45, 7) is 10.7. The monoisotopic (exact) mass is 269 g/mol. The van der Waals surface area contributed by atoms with E-state index in [9.17, 15) is 5.11 Å². The van der Waals surface area contributed by atoms with E-state index in [0.29, 0.717) is 10.9 Å². The fourth-order valence-electron chi connectivity index (χ4n) is 2.19. The van der Waals surface area contributed by atoms with Crippen LogP contribution >= 0.6 is 11.6 Å². The van der Waals surface area contributed by atoms with Crippen LogP contribution in [0.2, 0.25) is 5.02 Å². The molecule has 0 bridgehead atoms. The van der Waals surface area contributed by atoms with Crippen molar-refractivity contribution in [2.24, 2.45) is 11.1 Å². The predicted molar refractivity (Wildman–Crippen MR) is 78.2 cm³/mol. The molecule has 0 radical (unpaired) electrons. The molecule has 0 heterocycles. The number of hydrogen-bond acceptors (Lipinski definition) is 2. The molecule has 1 aromatic carbocycles. The summed E-state index contributed by atoms with van der Waals surface area (Å²) in [5, 5.41) is 9.90. The highest BCUT2D eigenvalue weighted by molar-refractivity contribution is 6.32. The van der Waals surface area contributed by atoms with Crippen LogP contribution in [0.5, 0.6) is 5.75 Å². The molecule has 0 fully saturated rings. The normalized spacial score (nSPS) is 14.6. The number of aromatic hydroxyl groups is 1. The van der Waals surface area contributed by atoms with Gasteiger partial charge in [0.25, 0.3) is 0 Å². The first kappa shape index (κ1) is 15.3. The Morgan fingerprint density at radius 3 is 2.17 bits per heavy atom. The Morgan fingerprint density at radius 2 is 1.78 bits per heavy atom. The topological polar surface area (TPSA) is 46.2 Å². The van der Waals surface area contributed by atoms with E-state index in [1.165, 1.54) is 0 Å². The van der Waals surface area contributed by atoms with Crippen molar-refractivity contribution in [1.82, 2.24) is 0 Å². The first-order chi connectivity index (χ1) is 8.00. The number of rotatable bonds is 3. The van der Waals surface area contributed by atoms with Gasteiger partial charge in [-0.15, -0.1) is 0 Å². The lowest BCUT2D eigenvalue weighted by Gasteiger charge is -2.36. The summed E-state index contributed by atoms with van der Waals surface area (Å²) in [7, 11) is 0. The molecule has 3 heteroatoms. The Morgan fingerprint density at radius 1 is 1.22 bits per heavy atom. The SMILES string of the molecule is CC(C)(N)CC(c1ccc(O)c(Cl)c1)C(C)(C)C. The van der Waals surface area contributed by atoms with Gasteiger partial charge in [-0.2, -0.15) is 0 Å². The van der Waals surface area contributed by atoms with Crippen LogP contribution in [0, 0.1) is 5.41 Å². The highest BCUT2D eigenvalue weighted by atomic mass is 35.5. The first-order valence-electron chi connectivity index (χ1n) is 6.28. The van der Waals surface area contributed by atoms with E-state index >= 15 is 0 Å². The Balaban J connectivity index is 3.14. The first-order valence-corrected chi connectivity index (χ1v) is 6.66. The average Bonchev–Trinajstić information content (AvgIpc) is 2.16. The van der Waals surface area contributed by atoms with Crippen LogP contribution in [-0.2, 0) is 0 Å². The molecule has 0 saturated heterocycles. The number of nitrogens with two attached hydrogens (primary N) is 1. The summed E-state index contributed by atoms with van der Waals surface area (Å²) in [6.07, 6.45) is 0.873. The molecule has 0 aliphatic heterocycles. The molecule has 2 nitrogen and oxygen atoms in total. The lowest BCUT2D eigenvalue weighted by atomic mass is 9.71. The van der Waals surface area contributed by atoms with E-state index < -0.39 is 0 Å². The molecule has 18 heavy (non-hydrogen) atoms. The van der Waals surface area contributed by atoms with Crippen molar-refractivity contribution >= 4 is 11.6 Å². The minimum absolute atomic E-state index is 0.0942. The van der Waals surface area contributed by atoms with Gasteiger partial charge in [-0.1, -0.05) is 38.4 Å². The molecule has 0 saturated carbocycles. The molecule has 3 N–H and O–H groups in total. The summed E-state index contributed by atoms with van der Waals surface area (Å²) in [4.78, 5) is 0. The van der Waals surface area contributed by atoms with Gasteiger partial charge in [0, 0.05) is 5.54 Å². The van der Waals surface area contributed by atoms with Gasteiger partial charge in [0.15, 0.2) is 0 Å². The van der Waals surface area contributed by atoms with Crippen molar-refractivity contribution < 1.29 is 5.11 Å². The number of benzene rings is 1.